The van der Waals surface area contributed by atoms with Crippen LogP contribution in [0.3, 0.4) is 0 Å². The normalized spacial score (nSPS) is 9.78. The molecule has 0 unspecified atom stereocenters. The minimum atomic E-state index is 0. The van der Waals surface area contributed by atoms with E-state index in [0.717, 1.165) is 11.4 Å². The van der Waals surface area contributed by atoms with Gasteiger partial charge in [-0.2, -0.15) is 0 Å². The second-order valence-corrected chi connectivity index (χ2v) is 4.45. The molecule has 0 saturated carbocycles. The second-order valence-electron chi connectivity index (χ2n) is 4.45. The van der Waals surface area contributed by atoms with E-state index in [0.29, 0.717) is 0 Å². The zero-order valence-corrected chi connectivity index (χ0v) is 11.8. The quantitative estimate of drug-likeness (QED) is 0.654. The van der Waals surface area contributed by atoms with Gasteiger partial charge in [0.25, 0.3) is 0 Å². The Balaban J connectivity index is 0.00000162. The van der Waals surface area contributed by atoms with Gasteiger partial charge >= 0.3 is 0 Å². The Bertz CT molecular complexity index is 500. The van der Waals surface area contributed by atoms with Crippen molar-refractivity contribution in [3.63, 3.8) is 0 Å². The fourth-order valence-electron chi connectivity index (χ4n) is 2.27. The molecule has 0 fully saturated rings. The van der Waals surface area contributed by atoms with Gasteiger partial charge in [-0.15, -0.1) is 12.4 Å². The molecule has 0 aromatic heterocycles. The van der Waals surface area contributed by atoms with E-state index < -0.39 is 0 Å². The SMILES string of the molecule is Cc1cc(C)c(N(N)c2ccccc2)c(C)c1.Cl. The largest absolute Gasteiger partial charge is 0.279 e. The third kappa shape index (κ3) is 2.84. The van der Waals surface area contributed by atoms with Gasteiger partial charge in [0, 0.05) is 0 Å². The van der Waals surface area contributed by atoms with Gasteiger partial charge in [0.1, 0.15) is 0 Å². The average molecular weight is 263 g/mol. The highest BCUT2D eigenvalue weighted by atomic mass is 35.5. The summed E-state index contributed by atoms with van der Waals surface area (Å²) >= 11 is 0. The van der Waals surface area contributed by atoms with Gasteiger partial charge in [-0.05, 0) is 44.0 Å². The molecule has 0 atom stereocenters. The van der Waals surface area contributed by atoms with E-state index in [-0.39, 0.29) is 12.4 Å². The summed E-state index contributed by atoms with van der Waals surface area (Å²) in [7, 11) is 0. The fourth-order valence-corrected chi connectivity index (χ4v) is 2.27. The smallest absolute Gasteiger partial charge is 0.0633 e. The van der Waals surface area contributed by atoms with E-state index >= 15 is 0 Å². The van der Waals surface area contributed by atoms with Crippen LogP contribution in [0, 0.1) is 20.8 Å². The molecule has 0 aliphatic rings. The summed E-state index contributed by atoms with van der Waals surface area (Å²) in [6.07, 6.45) is 0. The number of rotatable bonds is 2. The van der Waals surface area contributed by atoms with E-state index in [2.05, 4.69) is 32.9 Å². The first-order valence-electron chi connectivity index (χ1n) is 5.77. The lowest BCUT2D eigenvalue weighted by Crippen LogP contribution is -2.26. The minimum Gasteiger partial charge on any atom is -0.279 e. The van der Waals surface area contributed by atoms with Crippen molar-refractivity contribution in [2.75, 3.05) is 5.01 Å². The van der Waals surface area contributed by atoms with E-state index in [1.54, 1.807) is 5.01 Å². The van der Waals surface area contributed by atoms with Gasteiger partial charge in [0.2, 0.25) is 0 Å². The van der Waals surface area contributed by atoms with Gasteiger partial charge in [-0.25, -0.2) is 5.84 Å². The van der Waals surface area contributed by atoms with Crippen LogP contribution < -0.4 is 10.9 Å². The predicted octanol–water partition coefficient (Wildman–Crippen LogP) is 4.05. The summed E-state index contributed by atoms with van der Waals surface area (Å²) in [5, 5.41) is 1.75. The van der Waals surface area contributed by atoms with E-state index in [1.165, 1.54) is 16.7 Å². The van der Waals surface area contributed by atoms with Crippen LogP contribution in [0.2, 0.25) is 0 Å². The summed E-state index contributed by atoms with van der Waals surface area (Å²) in [6, 6.07) is 14.3. The van der Waals surface area contributed by atoms with Crippen molar-refractivity contribution in [1.82, 2.24) is 0 Å². The van der Waals surface area contributed by atoms with Crippen LogP contribution in [0.25, 0.3) is 0 Å². The van der Waals surface area contributed by atoms with Crippen molar-refractivity contribution in [1.29, 1.82) is 0 Å². The topological polar surface area (TPSA) is 29.3 Å². The lowest BCUT2D eigenvalue weighted by molar-refractivity contribution is 1.06. The molecule has 0 spiro atoms. The van der Waals surface area contributed by atoms with Crippen molar-refractivity contribution >= 4 is 23.8 Å². The van der Waals surface area contributed by atoms with Crippen molar-refractivity contribution < 1.29 is 0 Å². The van der Waals surface area contributed by atoms with Crippen LogP contribution >= 0.6 is 12.4 Å². The first kappa shape index (κ1) is 14.6. The van der Waals surface area contributed by atoms with Crippen molar-refractivity contribution in [3.8, 4) is 0 Å². The standard InChI is InChI=1S/C15H18N2.ClH/c1-11-9-12(2)15(13(3)10-11)17(16)14-7-5-4-6-8-14;/h4-10H,16H2,1-3H3;1H. The minimum absolute atomic E-state index is 0. The summed E-state index contributed by atoms with van der Waals surface area (Å²) < 4.78 is 0. The Hall–Kier alpha value is -1.51. The number of para-hydroxylation sites is 1. The van der Waals surface area contributed by atoms with E-state index in [1.807, 2.05) is 30.3 Å². The van der Waals surface area contributed by atoms with Crippen molar-refractivity contribution in [2.45, 2.75) is 20.8 Å². The lowest BCUT2D eigenvalue weighted by Gasteiger charge is -2.23. The second kappa shape index (κ2) is 5.89. The molecular formula is C15H19ClN2. The molecule has 2 nitrogen and oxygen atoms in total. The van der Waals surface area contributed by atoms with Crippen LogP contribution in [0.1, 0.15) is 16.7 Å². The number of benzene rings is 2. The van der Waals surface area contributed by atoms with Gasteiger partial charge in [0.05, 0.1) is 11.4 Å². The highest BCUT2D eigenvalue weighted by Crippen LogP contribution is 2.29. The van der Waals surface area contributed by atoms with E-state index in [9.17, 15) is 0 Å². The molecule has 2 aromatic rings. The maximum atomic E-state index is 6.20. The summed E-state index contributed by atoms with van der Waals surface area (Å²) in [5.74, 6) is 6.20. The molecule has 0 aliphatic carbocycles. The first-order chi connectivity index (χ1) is 8.09. The molecule has 0 amide bonds. The van der Waals surface area contributed by atoms with Gasteiger partial charge in [-0.1, -0.05) is 35.9 Å². The number of aryl methyl sites for hydroxylation is 3. The molecule has 0 heterocycles. The Morgan fingerprint density at radius 3 is 1.89 bits per heavy atom. The number of hydrazine groups is 1. The van der Waals surface area contributed by atoms with E-state index in [4.69, 9.17) is 5.84 Å². The Morgan fingerprint density at radius 1 is 0.889 bits per heavy atom. The molecule has 2 rings (SSSR count). The van der Waals surface area contributed by atoms with Crippen LogP contribution in [-0.4, -0.2) is 0 Å². The van der Waals surface area contributed by atoms with Crippen LogP contribution in [-0.2, 0) is 0 Å². The zero-order chi connectivity index (χ0) is 12.4. The molecule has 2 N–H and O–H groups in total. The number of anilines is 2. The molecule has 3 heteroatoms. The highest BCUT2D eigenvalue weighted by Gasteiger charge is 2.10. The monoisotopic (exact) mass is 262 g/mol. The predicted molar refractivity (Wildman–Crippen MR) is 80.7 cm³/mol. The Labute approximate surface area is 115 Å². The fraction of sp³-hybridized carbons (Fsp3) is 0.200. The highest BCUT2D eigenvalue weighted by molar-refractivity contribution is 5.85. The number of hydrogen-bond donors (Lipinski definition) is 1. The molecular weight excluding hydrogens is 244 g/mol. The maximum Gasteiger partial charge on any atom is 0.0633 e. The summed E-state index contributed by atoms with van der Waals surface area (Å²) in [6.45, 7) is 6.30. The lowest BCUT2D eigenvalue weighted by atomic mass is 10.0. The van der Waals surface area contributed by atoms with Crippen LogP contribution in [0.5, 0.6) is 0 Å². The maximum absolute atomic E-state index is 6.20. The Morgan fingerprint density at radius 2 is 1.39 bits per heavy atom. The van der Waals surface area contributed by atoms with Crippen LogP contribution in [0.4, 0.5) is 11.4 Å². The number of hydrogen-bond acceptors (Lipinski definition) is 2. The molecule has 2 aromatic carbocycles. The number of nitrogens with zero attached hydrogens (tertiary/aromatic N) is 1. The summed E-state index contributed by atoms with van der Waals surface area (Å²) in [5.41, 5.74) is 5.76. The number of halogens is 1. The van der Waals surface area contributed by atoms with Gasteiger partial charge in [-0.3, -0.25) is 5.01 Å². The van der Waals surface area contributed by atoms with Crippen LogP contribution in [0.15, 0.2) is 42.5 Å². The average Bonchev–Trinajstić information content (AvgIpc) is 2.28. The molecule has 0 aliphatic heterocycles. The summed E-state index contributed by atoms with van der Waals surface area (Å²) in [4.78, 5) is 0. The molecule has 0 bridgehead atoms. The van der Waals surface area contributed by atoms with Crippen molar-refractivity contribution in [3.05, 3.63) is 59.2 Å². The molecule has 0 radical (unpaired) electrons. The third-order valence-electron chi connectivity index (χ3n) is 2.91. The Kier molecular flexibility index (Phi) is 4.76. The number of nitrogens with two attached hydrogens (primary N) is 1. The molecule has 96 valence electrons. The van der Waals surface area contributed by atoms with Crippen molar-refractivity contribution in [2.24, 2.45) is 5.84 Å². The third-order valence-corrected chi connectivity index (χ3v) is 2.91. The molecule has 18 heavy (non-hydrogen) atoms. The van der Waals surface area contributed by atoms with Gasteiger partial charge in [0.15, 0.2) is 0 Å². The van der Waals surface area contributed by atoms with Gasteiger partial charge < -0.3 is 0 Å². The first-order valence-corrected chi connectivity index (χ1v) is 5.77. The zero-order valence-electron chi connectivity index (χ0n) is 11.0. The molecule has 0 saturated heterocycles.